The molecule has 2 aromatic rings. The topological polar surface area (TPSA) is 70.3 Å². The normalized spacial score (nSPS) is 10.3. The van der Waals surface area contributed by atoms with E-state index in [1.807, 2.05) is 25.1 Å². The lowest BCUT2D eigenvalue weighted by Gasteiger charge is -2.13. The summed E-state index contributed by atoms with van der Waals surface area (Å²) in [4.78, 5) is 8.19. The van der Waals surface area contributed by atoms with Crippen LogP contribution >= 0.6 is 0 Å². The number of rotatable bonds is 5. The summed E-state index contributed by atoms with van der Waals surface area (Å²) < 4.78 is 11.2. The van der Waals surface area contributed by atoms with Gasteiger partial charge >= 0.3 is 0 Å². The Labute approximate surface area is 118 Å². The molecule has 106 valence electrons. The molecule has 1 heterocycles. The van der Waals surface area contributed by atoms with Crippen LogP contribution in [-0.4, -0.2) is 17.1 Å². The van der Waals surface area contributed by atoms with E-state index in [1.165, 1.54) is 6.33 Å². The van der Waals surface area contributed by atoms with E-state index in [9.17, 15) is 0 Å². The van der Waals surface area contributed by atoms with Gasteiger partial charge in [0.2, 0.25) is 5.88 Å². The number of anilines is 1. The van der Waals surface area contributed by atoms with Gasteiger partial charge < -0.3 is 15.2 Å². The molecule has 1 aromatic carbocycles. The maximum atomic E-state index is 5.89. The highest BCUT2D eigenvalue weighted by Gasteiger charge is 2.13. The highest BCUT2D eigenvalue weighted by molar-refractivity contribution is 5.49. The first-order valence-corrected chi connectivity index (χ1v) is 6.57. The molecule has 0 atom stereocenters. The minimum absolute atomic E-state index is 0.461. The molecule has 0 aliphatic heterocycles. The van der Waals surface area contributed by atoms with Gasteiger partial charge in [-0.3, -0.25) is 0 Å². The Balaban J connectivity index is 2.37. The second-order valence-electron chi connectivity index (χ2n) is 4.55. The van der Waals surface area contributed by atoms with Crippen molar-refractivity contribution in [1.29, 1.82) is 0 Å². The molecule has 0 aliphatic carbocycles. The maximum Gasteiger partial charge on any atom is 0.227 e. The fraction of sp³-hybridized carbons (Fsp3) is 0.333. The van der Waals surface area contributed by atoms with Crippen LogP contribution in [0.15, 0.2) is 24.5 Å². The third kappa shape index (κ3) is 2.99. The predicted molar refractivity (Wildman–Crippen MR) is 78.2 cm³/mol. The van der Waals surface area contributed by atoms with E-state index < -0.39 is 0 Å². The van der Waals surface area contributed by atoms with Gasteiger partial charge in [0.15, 0.2) is 11.5 Å². The summed E-state index contributed by atoms with van der Waals surface area (Å²) in [7, 11) is 1.61. The molecular weight excluding hydrogens is 254 g/mol. The molecule has 5 nitrogen and oxygen atoms in total. The van der Waals surface area contributed by atoms with Crippen LogP contribution in [-0.2, 0) is 6.42 Å². The Kier molecular flexibility index (Phi) is 4.40. The zero-order valence-electron chi connectivity index (χ0n) is 12.0. The van der Waals surface area contributed by atoms with E-state index in [4.69, 9.17) is 15.2 Å². The molecule has 0 saturated heterocycles. The average Bonchev–Trinajstić information content (AvgIpc) is 2.44. The molecule has 2 rings (SSSR count). The summed E-state index contributed by atoms with van der Waals surface area (Å²) in [6.07, 6.45) is 3.12. The van der Waals surface area contributed by atoms with E-state index >= 15 is 0 Å². The number of nitrogen functional groups attached to an aromatic ring is 1. The molecule has 1 aromatic heterocycles. The van der Waals surface area contributed by atoms with Crippen LogP contribution in [0.25, 0.3) is 0 Å². The lowest BCUT2D eigenvalue weighted by molar-refractivity contribution is 0.372. The molecule has 20 heavy (non-hydrogen) atoms. The second kappa shape index (κ2) is 6.23. The Hall–Kier alpha value is -2.30. The fourth-order valence-electron chi connectivity index (χ4n) is 1.95. The van der Waals surface area contributed by atoms with Crippen molar-refractivity contribution in [1.82, 2.24) is 9.97 Å². The Morgan fingerprint density at radius 3 is 2.70 bits per heavy atom. The average molecular weight is 273 g/mol. The number of aryl methyl sites for hydroxylation is 1. The number of methoxy groups -OCH3 is 1. The third-order valence-electron chi connectivity index (χ3n) is 2.96. The number of nitrogens with zero attached hydrogens (tertiary/aromatic N) is 2. The van der Waals surface area contributed by atoms with Crippen molar-refractivity contribution >= 4 is 5.82 Å². The minimum Gasteiger partial charge on any atom is -0.493 e. The third-order valence-corrected chi connectivity index (χ3v) is 2.96. The molecule has 0 radical (unpaired) electrons. The zero-order valence-corrected chi connectivity index (χ0v) is 12.0. The van der Waals surface area contributed by atoms with Crippen molar-refractivity contribution in [2.75, 3.05) is 12.8 Å². The molecule has 0 bridgehead atoms. The van der Waals surface area contributed by atoms with Gasteiger partial charge in [0.05, 0.1) is 12.7 Å². The van der Waals surface area contributed by atoms with E-state index in [-0.39, 0.29) is 0 Å². The van der Waals surface area contributed by atoms with Gasteiger partial charge in [0.1, 0.15) is 12.1 Å². The highest BCUT2D eigenvalue weighted by Crippen LogP contribution is 2.33. The number of benzene rings is 1. The van der Waals surface area contributed by atoms with Crippen LogP contribution in [0.3, 0.4) is 0 Å². The van der Waals surface area contributed by atoms with Crippen molar-refractivity contribution in [3.8, 4) is 17.4 Å². The van der Waals surface area contributed by atoms with Crippen LogP contribution in [0.5, 0.6) is 17.4 Å². The quantitative estimate of drug-likeness (QED) is 0.906. The molecule has 0 saturated carbocycles. The van der Waals surface area contributed by atoms with Gasteiger partial charge in [0.25, 0.3) is 0 Å². The zero-order chi connectivity index (χ0) is 14.5. The summed E-state index contributed by atoms with van der Waals surface area (Å²) in [5.74, 6) is 2.24. The summed E-state index contributed by atoms with van der Waals surface area (Å²) in [5, 5.41) is 0. The predicted octanol–water partition coefficient (Wildman–Crippen LogP) is 3.12. The van der Waals surface area contributed by atoms with Gasteiger partial charge in [0, 0.05) is 0 Å². The summed E-state index contributed by atoms with van der Waals surface area (Å²) >= 11 is 0. The lowest BCUT2D eigenvalue weighted by Crippen LogP contribution is -2.03. The van der Waals surface area contributed by atoms with E-state index in [2.05, 4.69) is 16.9 Å². The van der Waals surface area contributed by atoms with Gasteiger partial charge in [-0.1, -0.05) is 19.4 Å². The fourth-order valence-corrected chi connectivity index (χ4v) is 1.95. The highest BCUT2D eigenvalue weighted by atomic mass is 16.5. The summed E-state index contributed by atoms with van der Waals surface area (Å²) in [6, 6.07) is 5.74. The van der Waals surface area contributed by atoms with Crippen LogP contribution in [0.4, 0.5) is 5.82 Å². The molecule has 0 fully saturated rings. The van der Waals surface area contributed by atoms with Gasteiger partial charge in [-0.25, -0.2) is 9.97 Å². The van der Waals surface area contributed by atoms with E-state index in [0.717, 1.165) is 24.0 Å². The molecular formula is C15H19N3O2. The van der Waals surface area contributed by atoms with Gasteiger partial charge in [-0.15, -0.1) is 0 Å². The number of ether oxygens (including phenoxy) is 2. The van der Waals surface area contributed by atoms with Crippen molar-refractivity contribution in [3.05, 3.63) is 35.7 Å². The molecule has 5 heteroatoms. The number of nitrogens with two attached hydrogens (primary N) is 1. The van der Waals surface area contributed by atoms with Crippen molar-refractivity contribution in [2.45, 2.75) is 26.7 Å². The minimum atomic E-state index is 0.461. The van der Waals surface area contributed by atoms with Crippen LogP contribution in [0, 0.1) is 6.92 Å². The molecule has 0 amide bonds. The summed E-state index contributed by atoms with van der Waals surface area (Å²) in [6.45, 7) is 4.07. The SMILES string of the molecule is CCCc1c(N)ncnc1Oc1ccc(C)cc1OC. The first-order chi connectivity index (χ1) is 9.65. The van der Waals surface area contributed by atoms with E-state index in [0.29, 0.717) is 23.2 Å². The van der Waals surface area contributed by atoms with Crippen molar-refractivity contribution < 1.29 is 9.47 Å². The monoisotopic (exact) mass is 273 g/mol. The molecule has 0 unspecified atom stereocenters. The van der Waals surface area contributed by atoms with Crippen LogP contribution in [0.1, 0.15) is 24.5 Å². The van der Waals surface area contributed by atoms with E-state index in [1.54, 1.807) is 7.11 Å². The van der Waals surface area contributed by atoms with Gasteiger partial charge in [-0.2, -0.15) is 0 Å². The molecule has 2 N–H and O–H groups in total. The maximum absolute atomic E-state index is 5.89. The first-order valence-electron chi connectivity index (χ1n) is 6.57. The van der Waals surface area contributed by atoms with Crippen molar-refractivity contribution in [3.63, 3.8) is 0 Å². The largest absolute Gasteiger partial charge is 0.493 e. The van der Waals surface area contributed by atoms with Crippen molar-refractivity contribution in [2.24, 2.45) is 0 Å². The number of hydrogen-bond acceptors (Lipinski definition) is 5. The summed E-state index contributed by atoms with van der Waals surface area (Å²) in [5.41, 5.74) is 7.83. The Morgan fingerprint density at radius 1 is 1.20 bits per heavy atom. The molecule has 0 aliphatic rings. The second-order valence-corrected chi connectivity index (χ2v) is 4.55. The lowest BCUT2D eigenvalue weighted by atomic mass is 10.2. The Bertz CT molecular complexity index is 600. The number of hydrogen-bond donors (Lipinski definition) is 1. The van der Waals surface area contributed by atoms with Gasteiger partial charge in [-0.05, 0) is 31.0 Å². The smallest absolute Gasteiger partial charge is 0.227 e. The van der Waals surface area contributed by atoms with Crippen LogP contribution in [0.2, 0.25) is 0 Å². The first kappa shape index (κ1) is 14.1. The Morgan fingerprint density at radius 2 is 2.00 bits per heavy atom. The van der Waals surface area contributed by atoms with Crippen LogP contribution < -0.4 is 15.2 Å². The molecule has 0 spiro atoms. The standard InChI is InChI=1S/C15H19N3O2/c1-4-5-11-14(16)17-9-18-15(11)20-12-7-6-10(2)8-13(12)19-3/h6-9H,4-5H2,1-3H3,(H2,16,17,18). The number of aromatic nitrogens is 2.